The van der Waals surface area contributed by atoms with Gasteiger partial charge in [0.05, 0.1) is 14.2 Å². The third-order valence-corrected chi connectivity index (χ3v) is 7.55. The van der Waals surface area contributed by atoms with E-state index in [0.29, 0.717) is 11.5 Å². The average molecular weight is 472 g/mol. The van der Waals surface area contributed by atoms with Crippen molar-refractivity contribution >= 4 is 10.0 Å². The third-order valence-electron chi connectivity index (χ3n) is 5.38. The van der Waals surface area contributed by atoms with E-state index in [1.165, 1.54) is 11.2 Å². The molecule has 0 saturated heterocycles. The normalized spacial score (nSPS) is 13.5. The van der Waals surface area contributed by atoms with Crippen molar-refractivity contribution in [2.45, 2.75) is 38.3 Å². The molecule has 2 atom stereocenters. The number of benzene rings is 2. The highest BCUT2D eigenvalue weighted by Gasteiger charge is 2.36. The van der Waals surface area contributed by atoms with Gasteiger partial charge in [-0.05, 0) is 54.8 Å². The van der Waals surface area contributed by atoms with Crippen molar-refractivity contribution in [3.05, 3.63) is 83.4 Å². The first-order valence-electron chi connectivity index (χ1n) is 10.5. The van der Waals surface area contributed by atoms with Gasteiger partial charge in [0, 0.05) is 25.5 Å². The maximum absolute atomic E-state index is 13.6. The molecule has 0 spiro atoms. The van der Waals surface area contributed by atoms with Crippen LogP contribution in [0.15, 0.2) is 60.9 Å². The number of rotatable bonds is 10. The van der Waals surface area contributed by atoms with Crippen LogP contribution in [-0.2, 0) is 23.1 Å². The van der Waals surface area contributed by atoms with Crippen LogP contribution >= 0.6 is 0 Å². The van der Waals surface area contributed by atoms with E-state index in [1.807, 2.05) is 31.2 Å². The van der Waals surface area contributed by atoms with Gasteiger partial charge in [0.1, 0.15) is 22.9 Å². The van der Waals surface area contributed by atoms with Crippen LogP contribution in [0.3, 0.4) is 0 Å². The maximum Gasteiger partial charge on any atom is 0.220 e. The standard InChI is InChI=1S/C24H29N3O5S/c1-17-13-25-24(26-14-17)23(28)18(2)33(29,30)27(15-19-5-9-21(31-3)10-6-19)16-20-7-11-22(32-4)12-8-20/h5-14,18,23,28H,15-16H2,1-4H3/t18-,23-/m1/s1. The lowest BCUT2D eigenvalue weighted by Gasteiger charge is -2.28. The fourth-order valence-electron chi connectivity index (χ4n) is 3.27. The first-order chi connectivity index (χ1) is 15.7. The summed E-state index contributed by atoms with van der Waals surface area (Å²) in [5.74, 6) is 1.44. The van der Waals surface area contributed by atoms with Crippen LogP contribution in [0.1, 0.15) is 35.5 Å². The maximum atomic E-state index is 13.6. The predicted molar refractivity (Wildman–Crippen MR) is 125 cm³/mol. The van der Waals surface area contributed by atoms with E-state index in [1.54, 1.807) is 50.9 Å². The topological polar surface area (TPSA) is 102 Å². The zero-order valence-corrected chi connectivity index (χ0v) is 20.0. The molecular weight excluding hydrogens is 442 g/mol. The van der Waals surface area contributed by atoms with E-state index in [4.69, 9.17) is 9.47 Å². The Labute approximate surface area is 194 Å². The molecule has 0 amide bonds. The quantitative estimate of drug-likeness (QED) is 0.484. The van der Waals surface area contributed by atoms with Crippen LogP contribution in [0, 0.1) is 6.92 Å². The van der Waals surface area contributed by atoms with Gasteiger partial charge in [-0.2, -0.15) is 4.31 Å². The van der Waals surface area contributed by atoms with Gasteiger partial charge in [-0.15, -0.1) is 0 Å². The molecule has 0 saturated carbocycles. The SMILES string of the molecule is COc1ccc(CN(Cc2ccc(OC)cc2)S(=O)(=O)[C@H](C)[C@@H](O)c2ncc(C)cn2)cc1. The van der Waals surface area contributed by atoms with Crippen LogP contribution in [0.4, 0.5) is 0 Å². The summed E-state index contributed by atoms with van der Waals surface area (Å²) in [6, 6.07) is 14.4. The van der Waals surface area contributed by atoms with Crippen LogP contribution in [0.25, 0.3) is 0 Å². The van der Waals surface area contributed by atoms with Crippen molar-refractivity contribution in [3.63, 3.8) is 0 Å². The number of ether oxygens (including phenoxy) is 2. The van der Waals surface area contributed by atoms with Gasteiger partial charge in [-0.25, -0.2) is 18.4 Å². The highest BCUT2D eigenvalue weighted by molar-refractivity contribution is 7.89. The summed E-state index contributed by atoms with van der Waals surface area (Å²) in [6.07, 6.45) is 1.74. The zero-order chi connectivity index (χ0) is 24.0. The fraction of sp³-hybridized carbons (Fsp3) is 0.333. The lowest BCUT2D eigenvalue weighted by Crippen LogP contribution is -2.40. The van der Waals surface area contributed by atoms with E-state index in [0.717, 1.165) is 16.7 Å². The molecule has 2 aromatic carbocycles. The summed E-state index contributed by atoms with van der Waals surface area (Å²) in [5, 5.41) is 9.61. The monoisotopic (exact) mass is 471 g/mol. The van der Waals surface area contributed by atoms with Crippen LogP contribution in [0.5, 0.6) is 11.5 Å². The average Bonchev–Trinajstić information content (AvgIpc) is 2.84. The Hall–Kier alpha value is -3.01. The number of aryl methyl sites for hydroxylation is 1. The molecule has 176 valence electrons. The molecule has 3 aromatic rings. The Morgan fingerprint density at radius 3 is 1.70 bits per heavy atom. The number of aliphatic hydroxyl groups is 1. The van der Waals surface area contributed by atoms with E-state index in [2.05, 4.69) is 9.97 Å². The Kier molecular flexibility index (Phi) is 8.01. The molecule has 0 aliphatic heterocycles. The van der Waals surface area contributed by atoms with Gasteiger partial charge in [0.25, 0.3) is 0 Å². The summed E-state index contributed by atoms with van der Waals surface area (Å²) in [5.41, 5.74) is 2.41. The minimum absolute atomic E-state index is 0.0746. The summed E-state index contributed by atoms with van der Waals surface area (Å²) >= 11 is 0. The van der Waals surface area contributed by atoms with Gasteiger partial charge in [-0.1, -0.05) is 24.3 Å². The molecule has 0 unspecified atom stereocenters. The number of sulfonamides is 1. The first-order valence-corrected chi connectivity index (χ1v) is 12.0. The molecule has 1 aromatic heterocycles. The second kappa shape index (κ2) is 10.7. The summed E-state index contributed by atoms with van der Waals surface area (Å²) < 4.78 is 39.0. The molecule has 9 heteroatoms. The van der Waals surface area contributed by atoms with Crippen molar-refractivity contribution < 1.29 is 23.0 Å². The van der Waals surface area contributed by atoms with E-state index >= 15 is 0 Å². The van der Waals surface area contributed by atoms with Crippen LogP contribution in [0.2, 0.25) is 0 Å². The van der Waals surface area contributed by atoms with Gasteiger partial charge in [0.2, 0.25) is 10.0 Å². The Balaban J connectivity index is 1.91. The van der Waals surface area contributed by atoms with Crippen molar-refractivity contribution in [1.82, 2.24) is 14.3 Å². The lowest BCUT2D eigenvalue weighted by atomic mass is 10.2. The minimum Gasteiger partial charge on any atom is -0.497 e. The second-order valence-corrected chi connectivity index (χ2v) is 10.1. The summed E-state index contributed by atoms with van der Waals surface area (Å²) in [6.45, 7) is 3.55. The lowest BCUT2D eigenvalue weighted by molar-refractivity contribution is 0.162. The van der Waals surface area contributed by atoms with Crippen molar-refractivity contribution in [1.29, 1.82) is 0 Å². The molecule has 0 bridgehead atoms. The molecule has 0 aliphatic carbocycles. The molecule has 33 heavy (non-hydrogen) atoms. The van der Waals surface area contributed by atoms with Gasteiger partial charge < -0.3 is 14.6 Å². The van der Waals surface area contributed by atoms with Gasteiger partial charge in [0.15, 0.2) is 5.82 Å². The molecule has 1 N–H and O–H groups in total. The molecule has 0 radical (unpaired) electrons. The van der Waals surface area contributed by atoms with Crippen molar-refractivity contribution in [2.75, 3.05) is 14.2 Å². The largest absolute Gasteiger partial charge is 0.497 e. The Bertz CT molecular complexity index is 1080. The fourth-order valence-corrected chi connectivity index (χ4v) is 4.84. The Morgan fingerprint density at radius 2 is 1.30 bits per heavy atom. The number of aliphatic hydroxyl groups excluding tert-OH is 1. The van der Waals surface area contributed by atoms with Gasteiger partial charge in [-0.3, -0.25) is 0 Å². The predicted octanol–water partition coefficient (Wildman–Crippen LogP) is 3.26. The third kappa shape index (κ3) is 6.07. The van der Waals surface area contributed by atoms with Crippen molar-refractivity contribution in [2.24, 2.45) is 0 Å². The van der Waals surface area contributed by atoms with E-state index in [-0.39, 0.29) is 18.9 Å². The number of nitrogens with zero attached hydrogens (tertiary/aromatic N) is 3. The Morgan fingerprint density at radius 1 is 0.879 bits per heavy atom. The molecular formula is C24H29N3O5S. The number of methoxy groups -OCH3 is 2. The van der Waals surface area contributed by atoms with E-state index in [9.17, 15) is 13.5 Å². The van der Waals surface area contributed by atoms with Gasteiger partial charge >= 0.3 is 0 Å². The molecule has 3 rings (SSSR count). The van der Waals surface area contributed by atoms with Crippen molar-refractivity contribution in [3.8, 4) is 11.5 Å². The zero-order valence-electron chi connectivity index (χ0n) is 19.2. The number of aromatic nitrogens is 2. The highest BCUT2D eigenvalue weighted by atomic mass is 32.2. The number of hydrogen-bond donors (Lipinski definition) is 1. The summed E-state index contributed by atoms with van der Waals surface area (Å²) in [7, 11) is -0.795. The first kappa shape index (κ1) is 24.6. The molecule has 0 aliphatic rings. The van der Waals surface area contributed by atoms with Crippen LogP contribution in [-0.4, -0.2) is 47.3 Å². The van der Waals surface area contributed by atoms with E-state index < -0.39 is 21.4 Å². The minimum atomic E-state index is -3.95. The molecule has 0 fully saturated rings. The summed E-state index contributed by atoms with van der Waals surface area (Å²) in [4.78, 5) is 8.21. The highest BCUT2D eigenvalue weighted by Crippen LogP contribution is 2.26. The molecule has 8 nitrogen and oxygen atoms in total. The molecule has 1 heterocycles. The number of hydrogen-bond acceptors (Lipinski definition) is 7. The van der Waals surface area contributed by atoms with Crippen LogP contribution < -0.4 is 9.47 Å². The smallest absolute Gasteiger partial charge is 0.220 e. The second-order valence-electron chi connectivity index (χ2n) is 7.78.